The third-order valence-electron chi connectivity index (χ3n) is 4.07. The number of alkyl halides is 2. The summed E-state index contributed by atoms with van der Waals surface area (Å²) in [6.07, 6.45) is 1.25. The summed E-state index contributed by atoms with van der Waals surface area (Å²) >= 11 is 0. The molecule has 1 aliphatic carbocycles. The Morgan fingerprint density at radius 1 is 1.39 bits per heavy atom. The molecule has 0 N–H and O–H groups in total. The topological polar surface area (TPSA) is 37.4 Å². The van der Waals surface area contributed by atoms with Crippen molar-refractivity contribution in [1.29, 1.82) is 0 Å². The van der Waals surface area contributed by atoms with Crippen LogP contribution in [-0.2, 0) is 9.59 Å². The van der Waals surface area contributed by atoms with E-state index < -0.39 is 5.92 Å². The molecule has 2 rings (SSSR count). The van der Waals surface area contributed by atoms with Gasteiger partial charge in [-0.2, -0.15) is 0 Å². The molecule has 1 saturated carbocycles. The zero-order valence-corrected chi connectivity index (χ0v) is 10.6. The third-order valence-corrected chi connectivity index (χ3v) is 4.07. The molecule has 2 aliphatic rings. The van der Waals surface area contributed by atoms with E-state index in [2.05, 4.69) is 0 Å². The number of hydrogen-bond donors (Lipinski definition) is 0. The number of likely N-dealkylation sites (tertiary alicyclic amines) is 1. The molecule has 0 aromatic carbocycles. The second kappa shape index (κ2) is 4.94. The number of hydrogen-bond acceptors (Lipinski definition) is 2. The average Bonchev–Trinajstić information content (AvgIpc) is 2.69. The number of amides is 1. The summed E-state index contributed by atoms with van der Waals surface area (Å²) in [6.45, 7) is 2.11. The first-order chi connectivity index (χ1) is 8.43. The maximum atomic E-state index is 13.0. The third kappa shape index (κ3) is 2.70. The van der Waals surface area contributed by atoms with E-state index in [4.69, 9.17) is 0 Å². The van der Waals surface area contributed by atoms with Gasteiger partial charge in [-0.3, -0.25) is 9.59 Å². The van der Waals surface area contributed by atoms with Crippen molar-refractivity contribution in [2.24, 2.45) is 5.92 Å². The van der Waals surface area contributed by atoms with Gasteiger partial charge in [-0.25, -0.2) is 8.78 Å². The van der Waals surface area contributed by atoms with Crippen LogP contribution in [0.4, 0.5) is 8.78 Å². The van der Waals surface area contributed by atoms with E-state index in [9.17, 15) is 18.4 Å². The lowest BCUT2D eigenvalue weighted by Crippen LogP contribution is -2.42. The van der Waals surface area contributed by atoms with Crippen molar-refractivity contribution in [2.45, 2.75) is 57.4 Å². The monoisotopic (exact) mass is 259 g/mol. The van der Waals surface area contributed by atoms with Crippen LogP contribution in [0.25, 0.3) is 0 Å². The van der Waals surface area contributed by atoms with Crippen LogP contribution in [0.15, 0.2) is 0 Å². The summed E-state index contributed by atoms with van der Waals surface area (Å²) in [7, 11) is 0. The maximum absolute atomic E-state index is 13.0. The number of Topliss-reactive ketones (excluding diaryl/α,β-unsaturated/α-hetero) is 1. The number of ketones is 1. The van der Waals surface area contributed by atoms with Crippen molar-refractivity contribution in [3.05, 3.63) is 0 Å². The van der Waals surface area contributed by atoms with Crippen LogP contribution < -0.4 is 0 Å². The van der Waals surface area contributed by atoms with Crippen molar-refractivity contribution in [2.75, 3.05) is 6.54 Å². The summed E-state index contributed by atoms with van der Waals surface area (Å²) in [5.41, 5.74) is 0. The van der Waals surface area contributed by atoms with E-state index in [1.807, 2.05) is 6.92 Å². The van der Waals surface area contributed by atoms with Crippen LogP contribution >= 0.6 is 0 Å². The molecule has 3 nitrogen and oxygen atoms in total. The minimum Gasteiger partial charge on any atom is -0.332 e. The van der Waals surface area contributed by atoms with E-state index in [0.717, 1.165) is 6.42 Å². The number of carbonyl (C=O) groups excluding carboxylic acids is 2. The summed E-state index contributed by atoms with van der Waals surface area (Å²) in [4.78, 5) is 25.3. The van der Waals surface area contributed by atoms with Gasteiger partial charge in [0.05, 0.1) is 6.54 Å². The highest BCUT2D eigenvalue weighted by molar-refractivity contribution is 5.91. The molecule has 0 aromatic heterocycles. The molecule has 1 unspecified atom stereocenters. The SMILES string of the molecule is CCC1CC(=O)CN1C(=O)C1CCC(F)(F)CC1. The smallest absolute Gasteiger partial charge is 0.248 e. The second-order valence-electron chi connectivity index (χ2n) is 5.40. The molecule has 18 heavy (non-hydrogen) atoms. The molecule has 0 bridgehead atoms. The van der Waals surface area contributed by atoms with E-state index in [1.165, 1.54) is 0 Å². The lowest BCUT2D eigenvalue weighted by Gasteiger charge is -2.32. The molecule has 2 fully saturated rings. The highest BCUT2D eigenvalue weighted by atomic mass is 19.3. The predicted molar refractivity (Wildman–Crippen MR) is 62.3 cm³/mol. The first-order valence-corrected chi connectivity index (χ1v) is 6.63. The van der Waals surface area contributed by atoms with Gasteiger partial charge in [-0.15, -0.1) is 0 Å². The van der Waals surface area contributed by atoms with E-state index in [0.29, 0.717) is 6.42 Å². The highest BCUT2D eigenvalue weighted by Crippen LogP contribution is 2.37. The zero-order chi connectivity index (χ0) is 13.3. The van der Waals surface area contributed by atoms with Crippen LogP contribution in [0.3, 0.4) is 0 Å². The van der Waals surface area contributed by atoms with Crippen molar-refractivity contribution in [1.82, 2.24) is 4.90 Å². The van der Waals surface area contributed by atoms with Crippen LogP contribution in [0, 0.1) is 5.92 Å². The Labute approximate surface area is 106 Å². The Hall–Kier alpha value is -1.00. The summed E-state index contributed by atoms with van der Waals surface area (Å²) in [6, 6.07) is -0.0209. The molecule has 0 radical (unpaired) electrons. The second-order valence-corrected chi connectivity index (χ2v) is 5.40. The highest BCUT2D eigenvalue weighted by Gasteiger charge is 2.41. The maximum Gasteiger partial charge on any atom is 0.248 e. The molecule has 102 valence electrons. The van der Waals surface area contributed by atoms with Crippen LogP contribution in [-0.4, -0.2) is 35.1 Å². The first-order valence-electron chi connectivity index (χ1n) is 6.63. The Balaban J connectivity index is 1.97. The van der Waals surface area contributed by atoms with Gasteiger partial charge in [0.25, 0.3) is 0 Å². The van der Waals surface area contributed by atoms with Gasteiger partial charge >= 0.3 is 0 Å². The van der Waals surface area contributed by atoms with Crippen molar-refractivity contribution >= 4 is 11.7 Å². The van der Waals surface area contributed by atoms with Gasteiger partial charge in [-0.1, -0.05) is 6.92 Å². The molecule has 0 spiro atoms. The van der Waals surface area contributed by atoms with E-state index >= 15 is 0 Å². The van der Waals surface area contributed by atoms with Gasteiger partial charge in [0.2, 0.25) is 11.8 Å². The molecule has 1 saturated heterocycles. The fourth-order valence-electron chi connectivity index (χ4n) is 2.90. The largest absolute Gasteiger partial charge is 0.332 e. The Kier molecular flexibility index (Phi) is 3.69. The molecule has 1 amide bonds. The Morgan fingerprint density at radius 3 is 2.56 bits per heavy atom. The molecule has 5 heteroatoms. The van der Waals surface area contributed by atoms with Crippen LogP contribution in [0.5, 0.6) is 0 Å². The molecule has 1 aliphatic heterocycles. The van der Waals surface area contributed by atoms with Gasteiger partial charge in [-0.05, 0) is 19.3 Å². The summed E-state index contributed by atoms with van der Waals surface area (Å²) in [5.74, 6) is -2.94. The molecule has 1 atom stereocenters. The molecular formula is C13H19F2NO2. The van der Waals surface area contributed by atoms with E-state index in [1.54, 1.807) is 4.90 Å². The predicted octanol–water partition coefficient (Wildman–Crippen LogP) is 2.39. The minimum absolute atomic E-state index is 0.0209. The molecule has 1 heterocycles. The lowest BCUT2D eigenvalue weighted by atomic mass is 9.85. The average molecular weight is 259 g/mol. The minimum atomic E-state index is -2.61. The van der Waals surface area contributed by atoms with Crippen molar-refractivity contribution < 1.29 is 18.4 Å². The molecular weight excluding hydrogens is 240 g/mol. The van der Waals surface area contributed by atoms with Gasteiger partial charge < -0.3 is 4.90 Å². The van der Waals surface area contributed by atoms with Crippen LogP contribution in [0.1, 0.15) is 45.4 Å². The first kappa shape index (κ1) is 13.4. The Morgan fingerprint density at radius 2 is 2.00 bits per heavy atom. The van der Waals surface area contributed by atoms with E-state index in [-0.39, 0.29) is 55.9 Å². The van der Waals surface area contributed by atoms with Crippen molar-refractivity contribution in [3.8, 4) is 0 Å². The standard InChI is InChI=1S/C13H19F2NO2/c1-2-10-7-11(17)8-16(10)12(18)9-3-5-13(14,15)6-4-9/h9-10H,2-8H2,1H3. The van der Waals surface area contributed by atoms with Gasteiger partial charge in [0.15, 0.2) is 5.78 Å². The quantitative estimate of drug-likeness (QED) is 0.763. The summed E-state index contributed by atoms with van der Waals surface area (Å²) < 4.78 is 26.1. The molecule has 0 aromatic rings. The fourth-order valence-corrected chi connectivity index (χ4v) is 2.90. The van der Waals surface area contributed by atoms with Gasteiger partial charge in [0.1, 0.15) is 0 Å². The normalized spacial score (nSPS) is 28.7. The zero-order valence-electron chi connectivity index (χ0n) is 10.6. The number of halogens is 2. The summed E-state index contributed by atoms with van der Waals surface area (Å²) in [5, 5.41) is 0. The fraction of sp³-hybridized carbons (Fsp3) is 0.846. The lowest BCUT2D eigenvalue weighted by molar-refractivity contribution is -0.141. The Bertz CT molecular complexity index is 347. The number of nitrogens with zero attached hydrogens (tertiary/aromatic N) is 1. The van der Waals surface area contributed by atoms with Crippen molar-refractivity contribution in [3.63, 3.8) is 0 Å². The number of carbonyl (C=O) groups is 2. The van der Waals surface area contributed by atoms with Gasteiger partial charge in [0, 0.05) is 31.2 Å². The number of rotatable bonds is 2. The van der Waals surface area contributed by atoms with Crippen LogP contribution in [0.2, 0.25) is 0 Å².